The van der Waals surface area contributed by atoms with Crippen LogP contribution < -0.4 is 0 Å². The van der Waals surface area contributed by atoms with Crippen molar-refractivity contribution in [1.29, 1.82) is 0 Å². The second-order valence-electron chi connectivity index (χ2n) is 6.90. The first-order valence-corrected chi connectivity index (χ1v) is 11.1. The lowest BCUT2D eigenvalue weighted by atomic mass is 10.1. The molecule has 0 N–H and O–H groups in total. The van der Waals surface area contributed by atoms with Gasteiger partial charge in [-0.05, 0) is 42.2 Å². The van der Waals surface area contributed by atoms with Gasteiger partial charge in [0.05, 0.1) is 4.90 Å². The SMILES string of the molecule is CCc1ccc(CN(C)C(=O)c2cc(S(=O)(=O)N(CC)CC)ccc2C)cc1. The Labute approximate surface area is 169 Å². The van der Waals surface area contributed by atoms with Crippen LogP contribution in [-0.4, -0.2) is 43.7 Å². The summed E-state index contributed by atoms with van der Waals surface area (Å²) in [7, 11) is -1.87. The zero-order valence-corrected chi connectivity index (χ0v) is 18.2. The van der Waals surface area contributed by atoms with Gasteiger partial charge in [-0.15, -0.1) is 0 Å². The average Bonchev–Trinajstić information content (AvgIpc) is 2.69. The number of aryl methyl sites for hydroxylation is 2. The Morgan fingerprint density at radius 1 is 0.929 bits per heavy atom. The molecular weight excluding hydrogens is 372 g/mol. The fourth-order valence-corrected chi connectivity index (χ4v) is 4.62. The highest BCUT2D eigenvalue weighted by Crippen LogP contribution is 2.21. The van der Waals surface area contributed by atoms with E-state index >= 15 is 0 Å². The van der Waals surface area contributed by atoms with Crippen LogP contribution in [0.25, 0.3) is 0 Å². The Hall–Kier alpha value is -2.18. The van der Waals surface area contributed by atoms with Gasteiger partial charge in [-0.1, -0.05) is 51.1 Å². The van der Waals surface area contributed by atoms with E-state index in [9.17, 15) is 13.2 Å². The van der Waals surface area contributed by atoms with Crippen LogP contribution in [0, 0.1) is 6.92 Å². The molecule has 5 nitrogen and oxygen atoms in total. The van der Waals surface area contributed by atoms with Gasteiger partial charge in [-0.25, -0.2) is 8.42 Å². The largest absolute Gasteiger partial charge is 0.337 e. The molecule has 0 unspecified atom stereocenters. The average molecular weight is 403 g/mol. The van der Waals surface area contributed by atoms with Gasteiger partial charge in [-0.2, -0.15) is 4.31 Å². The molecule has 28 heavy (non-hydrogen) atoms. The van der Waals surface area contributed by atoms with E-state index in [1.807, 2.05) is 19.1 Å². The van der Waals surface area contributed by atoms with E-state index in [1.54, 1.807) is 37.9 Å². The second-order valence-corrected chi connectivity index (χ2v) is 8.84. The number of carbonyl (C=O) groups excluding carboxylic acids is 1. The number of sulfonamides is 1. The third kappa shape index (κ3) is 4.80. The third-order valence-corrected chi connectivity index (χ3v) is 7.03. The highest BCUT2D eigenvalue weighted by molar-refractivity contribution is 7.89. The highest BCUT2D eigenvalue weighted by Gasteiger charge is 2.24. The molecule has 0 aromatic heterocycles. The van der Waals surface area contributed by atoms with Crippen LogP contribution in [-0.2, 0) is 23.0 Å². The first-order valence-electron chi connectivity index (χ1n) is 9.68. The minimum absolute atomic E-state index is 0.158. The van der Waals surface area contributed by atoms with Crippen LogP contribution in [0.15, 0.2) is 47.4 Å². The number of carbonyl (C=O) groups is 1. The maximum atomic E-state index is 13.0. The van der Waals surface area contributed by atoms with E-state index in [2.05, 4.69) is 19.1 Å². The molecule has 0 spiro atoms. The van der Waals surface area contributed by atoms with Gasteiger partial charge in [0.25, 0.3) is 5.91 Å². The van der Waals surface area contributed by atoms with Gasteiger partial charge in [0.2, 0.25) is 10.0 Å². The zero-order valence-electron chi connectivity index (χ0n) is 17.4. The van der Waals surface area contributed by atoms with Crippen molar-refractivity contribution in [1.82, 2.24) is 9.21 Å². The molecule has 0 bridgehead atoms. The van der Waals surface area contributed by atoms with Crippen LogP contribution in [0.2, 0.25) is 0 Å². The summed E-state index contributed by atoms with van der Waals surface area (Å²) in [6.45, 7) is 8.79. The molecule has 0 aliphatic rings. The Kier molecular flexibility index (Phi) is 7.38. The molecule has 6 heteroatoms. The number of hydrogen-bond acceptors (Lipinski definition) is 3. The topological polar surface area (TPSA) is 57.7 Å². The Bertz CT molecular complexity index is 917. The fourth-order valence-electron chi connectivity index (χ4n) is 3.14. The molecule has 0 radical (unpaired) electrons. The molecule has 2 aromatic carbocycles. The molecule has 0 atom stereocenters. The van der Waals surface area contributed by atoms with Crippen LogP contribution in [0.3, 0.4) is 0 Å². The Morgan fingerprint density at radius 2 is 1.50 bits per heavy atom. The van der Waals surface area contributed by atoms with Gasteiger partial charge in [0, 0.05) is 32.2 Å². The summed E-state index contributed by atoms with van der Waals surface area (Å²) in [5.74, 6) is -0.186. The number of amides is 1. The van der Waals surface area contributed by atoms with Gasteiger partial charge < -0.3 is 4.90 Å². The summed E-state index contributed by atoms with van der Waals surface area (Å²) in [5, 5.41) is 0. The van der Waals surface area contributed by atoms with Crippen LogP contribution >= 0.6 is 0 Å². The van der Waals surface area contributed by atoms with Crippen molar-refractivity contribution >= 4 is 15.9 Å². The van der Waals surface area contributed by atoms with Gasteiger partial charge >= 0.3 is 0 Å². The third-order valence-electron chi connectivity index (χ3n) is 4.98. The Balaban J connectivity index is 2.29. The predicted octanol–water partition coefficient (Wildman–Crippen LogP) is 3.86. The van der Waals surface area contributed by atoms with Crippen molar-refractivity contribution in [3.63, 3.8) is 0 Å². The molecule has 0 aliphatic heterocycles. The van der Waals surface area contributed by atoms with Crippen molar-refractivity contribution in [2.24, 2.45) is 0 Å². The number of benzene rings is 2. The standard InChI is InChI=1S/C22H30N2O3S/c1-6-18-10-12-19(13-11-18)16-23(5)22(25)21-15-20(14-9-17(21)4)28(26,27)24(7-2)8-3/h9-15H,6-8,16H2,1-5H3. The molecule has 2 rings (SSSR count). The number of rotatable bonds is 8. The quantitative estimate of drug-likeness (QED) is 0.674. The summed E-state index contributed by atoms with van der Waals surface area (Å²) >= 11 is 0. The minimum atomic E-state index is -3.60. The lowest BCUT2D eigenvalue weighted by molar-refractivity contribution is 0.0784. The normalized spacial score (nSPS) is 11.6. The lowest BCUT2D eigenvalue weighted by Gasteiger charge is -2.21. The zero-order chi connectivity index (χ0) is 20.9. The van der Waals surface area contributed by atoms with Crippen LogP contribution in [0.1, 0.15) is 47.8 Å². The summed E-state index contributed by atoms with van der Waals surface area (Å²) in [6, 6.07) is 13.0. The predicted molar refractivity (Wildman–Crippen MR) is 113 cm³/mol. The van der Waals surface area contributed by atoms with Crippen molar-refractivity contribution in [2.75, 3.05) is 20.1 Å². The minimum Gasteiger partial charge on any atom is -0.337 e. The van der Waals surface area contributed by atoms with E-state index in [4.69, 9.17) is 0 Å². The van der Waals surface area contributed by atoms with E-state index in [1.165, 1.54) is 15.9 Å². The first kappa shape index (κ1) is 22.1. The molecule has 1 amide bonds. The van der Waals surface area contributed by atoms with Crippen molar-refractivity contribution in [3.05, 3.63) is 64.7 Å². The van der Waals surface area contributed by atoms with Crippen LogP contribution in [0.5, 0.6) is 0 Å². The summed E-state index contributed by atoms with van der Waals surface area (Å²) in [4.78, 5) is 14.8. The van der Waals surface area contributed by atoms with E-state index in [-0.39, 0.29) is 10.8 Å². The molecule has 0 heterocycles. The van der Waals surface area contributed by atoms with E-state index < -0.39 is 10.0 Å². The number of hydrogen-bond donors (Lipinski definition) is 0. The molecule has 152 valence electrons. The van der Waals surface area contributed by atoms with E-state index in [0.717, 1.165) is 17.5 Å². The highest BCUT2D eigenvalue weighted by atomic mass is 32.2. The maximum absolute atomic E-state index is 13.0. The Morgan fingerprint density at radius 3 is 2.04 bits per heavy atom. The fraction of sp³-hybridized carbons (Fsp3) is 0.409. The first-order chi connectivity index (χ1) is 13.2. The van der Waals surface area contributed by atoms with Gasteiger partial charge in [0.1, 0.15) is 0 Å². The molecule has 2 aromatic rings. The molecule has 0 fully saturated rings. The van der Waals surface area contributed by atoms with Crippen molar-refractivity contribution in [3.8, 4) is 0 Å². The smallest absolute Gasteiger partial charge is 0.254 e. The summed E-state index contributed by atoms with van der Waals surface area (Å²) in [5.41, 5.74) is 3.47. The molecular formula is C22H30N2O3S. The van der Waals surface area contributed by atoms with Crippen LogP contribution in [0.4, 0.5) is 0 Å². The number of nitrogens with zero attached hydrogens (tertiary/aromatic N) is 2. The van der Waals surface area contributed by atoms with Gasteiger partial charge in [-0.3, -0.25) is 4.79 Å². The summed E-state index contributed by atoms with van der Waals surface area (Å²) < 4.78 is 27.0. The molecule has 0 aliphatic carbocycles. The second kappa shape index (κ2) is 9.34. The monoisotopic (exact) mass is 402 g/mol. The molecule has 0 saturated carbocycles. The summed E-state index contributed by atoms with van der Waals surface area (Å²) in [6.07, 6.45) is 0.974. The van der Waals surface area contributed by atoms with Gasteiger partial charge in [0.15, 0.2) is 0 Å². The van der Waals surface area contributed by atoms with Crippen molar-refractivity contribution < 1.29 is 13.2 Å². The molecule has 0 saturated heterocycles. The lowest BCUT2D eigenvalue weighted by Crippen LogP contribution is -2.31. The van der Waals surface area contributed by atoms with Crippen molar-refractivity contribution in [2.45, 2.75) is 45.6 Å². The van der Waals surface area contributed by atoms with E-state index in [0.29, 0.717) is 25.2 Å². The maximum Gasteiger partial charge on any atom is 0.254 e.